The average Bonchev–Trinajstić information content (AvgIpc) is 2.96. The molecule has 0 spiro atoms. The Morgan fingerprint density at radius 1 is 1.25 bits per heavy atom. The molecule has 0 bridgehead atoms. The number of nitrogens with one attached hydrogen (secondary N) is 1. The molecule has 0 unspecified atom stereocenters. The highest BCUT2D eigenvalue weighted by Crippen LogP contribution is 2.27. The van der Waals surface area contributed by atoms with Gasteiger partial charge in [-0.1, -0.05) is 23.7 Å². The van der Waals surface area contributed by atoms with Gasteiger partial charge in [-0.05, 0) is 17.7 Å². The number of ether oxygens (including phenoxy) is 1. The van der Waals surface area contributed by atoms with Crippen molar-refractivity contribution in [2.75, 3.05) is 26.3 Å². The van der Waals surface area contributed by atoms with Crippen molar-refractivity contribution in [1.29, 1.82) is 0 Å². The summed E-state index contributed by atoms with van der Waals surface area (Å²) in [7, 11) is 0. The summed E-state index contributed by atoms with van der Waals surface area (Å²) in [6, 6.07) is 7.86. The number of benzene rings is 1. The van der Waals surface area contributed by atoms with Gasteiger partial charge in [-0.2, -0.15) is 0 Å². The molecule has 0 atom stereocenters. The number of hydrazine groups is 1. The molecule has 0 amide bonds. The second-order valence-corrected chi connectivity index (χ2v) is 6.11. The van der Waals surface area contributed by atoms with E-state index in [1.54, 1.807) is 11.3 Å². The van der Waals surface area contributed by atoms with Crippen molar-refractivity contribution in [3.05, 3.63) is 40.5 Å². The SMILES string of the molecule is Clc1ccc(-c2cnc(CNN3CCOCC3)s2)cc1. The smallest absolute Gasteiger partial charge is 0.108 e. The predicted octanol–water partition coefficient (Wildman–Crippen LogP) is 2.80. The van der Waals surface area contributed by atoms with Crippen LogP contribution < -0.4 is 5.43 Å². The number of hydrogen-bond donors (Lipinski definition) is 1. The fraction of sp³-hybridized carbons (Fsp3) is 0.357. The number of thiazole rings is 1. The lowest BCUT2D eigenvalue weighted by atomic mass is 10.2. The van der Waals surface area contributed by atoms with E-state index in [4.69, 9.17) is 16.3 Å². The van der Waals surface area contributed by atoms with Gasteiger partial charge in [-0.25, -0.2) is 15.4 Å². The summed E-state index contributed by atoms with van der Waals surface area (Å²) in [5, 5.41) is 4.03. The Labute approximate surface area is 127 Å². The standard InChI is InChI=1S/C14H16ClN3OS/c15-12-3-1-11(2-4-12)13-9-16-14(20-13)10-17-18-5-7-19-8-6-18/h1-4,9,17H,5-8,10H2. The molecule has 20 heavy (non-hydrogen) atoms. The first kappa shape index (κ1) is 14.0. The van der Waals surface area contributed by atoms with Crippen molar-refractivity contribution < 1.29 is 4.74 Å². The second-order valence-electron chi connectivity index (χ2n) is 4.56. The van der Waals surface area contributed by atoms with Crippen LogP contribution in [-0.2, 0) is 11.3 Å². The third-order valence-corrected chi connectivity index (χ3v) is 4.45. The molecule has 2 aromatic rings. The van der Waals surface area contributed by atoms with Crippen molar-refractivity contribution in [3.8, 4) is 10.4 Å². The molecule has 3 rings (SSSR count). The van der Waals surface area contributed by atoms with Gasteiger partial charge in [-0.3, -0.25) is 0 Å². The third-order valence-electron chi connectivity index (χ3n) is 3.15. The van der Waals surface area contributed by atoms with E-state index in [9.17, 15) is 0 Å². The molecule has 0 saturated carbocycles. The van der Waals surface area contributed by atoms with Crippen LogP contribution in [0.25, 0.3) is 10.4 Å². The van der Waals surface area contributed by atoms with E-state index in [1.807, 2.05) is 30.5 Å². The molecule has 6 heteroatoms. The molecule has 2 heterocycles. The van der Waals surface area contributed by atoms with Gasteiger partial charge in [0.15, 0.2) is 0 Å². The lowest BCUT2D eigenvalue weighted by Crippen LogP contribution is -2.45. The van der Waals surface area contributed by atoms with Crippen LogP contribution >= 0.6 is 22.9 Å². The van der Waals surface area contributed by atoms with Crippen molar-refractivity contribution in [2.45, 2.75) is 6.54 Å². The van der Waals surface area contributed by atoms with Gasteiger partial charge in [0.05, 0.1) is 24.6 Å². The summed E-state index contributed by atoms with van der Waals surface area (Å²) < 4.78 is 5.32. The maximum absolute atomic E-state index is 5.90. The van der Waals surface area contributed by atoms with Gasteiger partial charge >= 0.3 is 0 Å². The molecule has 1 N–H and O–H groups in total. The molecule has 4 nitrogen and oxygen atoms in total. The molecule has 1 fully saturated rings. The maximum atomic E-state index is 5.90. The molecule has 1 aliphatic rings. The minimum Gasteiger partial charge on any atom is -0.379 e. The molecule has 1 aliphatic heterocycles. The molecule has 106 valence electrons. The van der Waals surface area contributed by atoms with Crippen LogP contribution in [0.15, 0.2) is 30.5 Å². The number of aromatic nitrogens is 1. The van der Waals surface area contributed by atoms with Crippen molar-refractivity contribution >= 4 is 22.9 Å². The highest BCUT2D eigenvalue weighted by atomic mass is 35.5. The monoisotopic (exact) mass is 309 g/mol. The molecule has 0 radical (unpaired) electrons. The van der Waals surface area contributed by atoms with E-state index < -0.39 is 0 Å². The Bertz CT molecular complexity index is 552. The van der Waals surface area contributed by atoms with Crippen LogP contribution in [0.5, 0.6) is 0 Å². The van der Waals surface area contributed by atoms with Crippen molar-refractivity contribution in [3.63, 3.8) is 0 Å². The zero-order chi connectivity index (χ0) is 13.8. The second kappa shape index (κ2) is 6.65. The molecule has 0 aliphatic carbocycles. The summed E-state index contributed by atoms with van der Waals surface area (Å²) >= 11 is 7.61. The Balaban J connectivity index is 1.60. The van der Waals surface area contributed by atoms with E-state index in [0.29, 0.717) is 0 Å². The molecular formula is C14H16ClN3OS. The largest absolute Gasteiger partial charge is 0.379 e. The van der Waals surface area contributed by atoms with Crippen LogP contribution in [0.4, 0.5) is 0 Å². The van der Waals surface area contributed by atoms with Gasteiger partial charge < -0.3 is 4.74 Å². The highest BCUT2D eigenvalue weighted by Gasteiger charge is 2.10. The number of halogens is 1. The molecule has 1 aromatic carbocycles. The Morgan fingerprint density at radius 2 is 2.00 bits per heavy atom. The minimum atomic E-state index is 0.757. The van der Waals surface area contributed by atoms with Gasteiger partial charge in [0.2, 0.25) is 0 Å². The van der Waals surface area contributed by atoms with Gasteiger partial charge in [0.1, 0.15) is 5.01 Å². The normalized spacial score (nSPS) is 16.4. The van der Waals surface area contributed by atoms with Crippen molar-refractivity contribution in [2.24, 2.45) is 0 Å². The number of hydrogen-bond acceptors (Lipinski definition) is 5. The Kier molecular flexibility index (Phi) is 4.65. The Hall–Kier alpha value is -0.980. The quantitative estimate of drug-likeness (QED) is 0.942. The summed E-state index contributed by atoms with van der Waals surface area (Å²) in [6.07, 6.45) is 1.92. The van der Waals surface area contributed by atoms with E-state index in [1.165, 1.54) is 4.88 Å². The summed E-state index contributed by atoms with van der Waals surface area (Å²) in [6.45, 7) is 4.20. The summed E-state index contributed by atoms with van der Waals surface area (Å²) in [5.74, 6) is 0. The number of rotatable bonds is 4. The average molecular weight is 310 g/mol. The predicted molar refractivity (Wildman–Crippen MR) is 81.8 cm³/mol. The first-order chi connectivity index (χ1) is 9.81. The van der Waals surface area contributed by atoms with E-state index >= 15 is 0 Å². The van der Waals surface area contributed by atoms with Gasteiger partial charge in [-0.15, -0.1) is 11.3 Å². The fourth-order valence-electron chi connectivity index (χ4n) is 2.04. The Morgan fingerprint density at radius 3 is 2.75 bits per heavy atom. The first-order valence-corrected chi connectivity index (χ1v) is 7.77. The zero-order valence-electron chi connectivity index (χ0n) is 11.0. The molecule has 1 saturated heterocycles. The lowest BCUT2D eigenvalue weighted by molar-refractivity contribution is 0.0105. The number of morpholine rings is 1. The lowest BCUT2D eigenvalue weighted by Gasteiger charge is -2.26. The fourth-order valence-corrected chi connectivity index (χ4v) is 3.02. The first-order valence-electron chi connectivity index (χ1n) is 6.58. The van der Waals surface area contributed by atoms with Crippen LogP contribution in [-0.4, -0.2) is 36.3 Å². The summed E-state index contributed by atoms with van der Waals surface area (Å²) in [4.78, 5) is 5.63. The van der Waals surface area contributed by atoms with Crippen LogP contribution in [0.1, 0.15) is 5.01 Å². The third kappa shape index (κ3) is 3.56. The van der Waals surface area contributed by atoms with Crippen LogP contribution in [0, 0.1) is 0 Å². The molecular weight excluding hydrogens is 294 g/mol. The molecule has 1 aromatic heterocycles. The van der Waals surface area contributed by atoms with E-state index in [2.05, 4.69) is 15.4 Å². The van der Waals surface area contributed by atoms with Crippen LogP contribution in [0.3, 0.4) is 0 Å². The summed E-state index contributed by atoms with van der Waals surface area (Å²) in [5.41, 5.74) is 4.55. The van der Waals surface area contributed by atoms with E-state index in [0.717, 1.165) is 48.4 Å². The van der Waals surface area contributed by atoms with Crippen LogP contribution in [0.2, 0.25) is 5.02 Å². The maximum Gasteiger partial charge on any atom is 0.108 e. The van der Waals surface area contributed by atoms with E-state index in [-0.39, 0.29) is 0 Å². The van der Waals surface area contributed by atoms with Crippen molar-refractivity contribution in [1.82, 2.24) is 15.4 Å². The minimum absolute atomic E-state index is 0.757. The van der Waals surface area contributed by atoms with Gasteiger partial charge in [0, 0.05) is 24.3 Å². The zero-order valence-corrected chi connectivity index (χ0v) is 12.6. The number of nitrogens with zero attached hydrogens (tertiary/aromatic N) is 2. The highest BCUT2D eigenvalue weighted by molar-refractivity contribution is 7.15. The van der Waals surface area contributed by atoms with Gasteiger partial charge in [0.25, 0.3) is 0 Å². The topological polar surface area (TPSA) is 37.4 Å².